The average molecular weight is 262 g/mol. The molecule has 2 aliphatic rings. The molecule has 0 aromatic heterocycles. The molecule has 2 saturated carbocycles. The Kier molecular flexibility index (Phi) is 2.84. The van der Waals surface area contributed by atoms with Gasteiger partial charge in [0.25, 0.3) is 0 Å². The van der Waals surface area contributed by atoms with Crippen molar-refractivity contribution >= 4 is 11.4 Å². The van der Waals surface area contributed by atoms with Gasteiger partial charge in [-0.3, -0.25) is 10.1 Å². The van der Waals surface area contributed by atoms with E-state index in [9.17, 15) is 10.1 Å². The molecule has 0 spiro atoms. The van der Waals surface area contributed by atoms with E-state index in [1.807, 2.05) is 0 Å². The number of nitro groups is 1. The van der Waals surface area contributed by atoms with Gasteiger partial charge >= 0.3 is 5.69 Å². The third-order valence-electron chi connectivity index (χ3n) is 4.36. The van der Waals surface area contributed by atoms with E-state index in [4.69, 9.17) is 4.74 Å². The van der Waals surface area contributed by atoms with Gasteiger partial charge in [-0.25, -0.2) is 0 Å². The molecule has 2 aliphatic carbocycles. The summed E-state index contributed by atoms with van der Waals surface area (Å²) in [4.78, 5) is 10.4. The number of benzene rings is 1. The fraction of sp³-hybridized carbons (Fsp3) is 0.571. The predicted octanol–water partition coefficient (Wildman–Crippen LogP) is 3.21. The highest BCUT2D eigenvalue weighted by Gasteiger charge is 2.53. The first kappa shape index (κ1) is 12.3. The quantitative estimate of drug-likeness (QED) is 0.631. The number of hydrogen-bond acceptors (Lipinski definition) is 4. The molecule has 2 fully saturated rings. The molecule has 0 radical (unpaired) electrons. The molecule has 0 atom stereocenters. The number of methoxy groups -OCH3 is 1. The van der Waals surface area contributed by atoms with Crippen LogP contribution in [-0.4, -0.2) is 18.6 Å². The van der Waals surface area contributed by atoms with Crippen molar-refractivity contribution < 1.29 is 9.66 Å². The van der Waals surface area contributed by atoms with E-state index < -0.39 is 4.92 Å². The Labute approximate surface area is 112 Å². The van der Waals surface area contributed by atoms with Crippen LogP contribution in [0.15, 0.2) is 18.2 Å². The minimum Gasteiger partial charge on any atom is -0.490 e. The summed E-state index contributed by atoms with van der Waals surface area (Å²) >= 11 is 0. The molecule has 5 heteroatoms. The number of ether oxygens (including phenoxy) is 1. The van der Waals surface area contributed by atoms with Crippen molar-refractivity contribution in [2.75, 3.05) is 19.0 Å². The van der Waals surface area contributed by atoms with Gasteiger partial charge in [-0.05, 0) is 43.1 Å². The second-order valence-corrected chi connectivity index (χ2v) is 5.63. The zero-order valence-electron chi connectivity index (χ0n) is 11.0. The molecular formula is C14H18N2O3. The lowest BCUT2D eigenvalue weighted by atomic mass is 10.0. The Morgan fingerprint density at radius 2 is 2.21 bits per heavy atom. The lowest BCUT2D eigenvalue weighted by Crippen LogP contribution is -2.17. The van der Waals surface area contributed by atoms with Crippen molar-refractivity contribution in [3.8, 4) is 5.75 Å². The van der Waals surface area contributed by atoms with Crippen molar-refractivity contribution in [2.45, 2.75) is 25.7 Å². The van der Waals surface area contributed by atoms with Gasteiger partial charge < -0.3 is 10.1 Å². The fourth-order valence-electron chi connectivity index (χ4n) is 2.80. The molecule has 1 N–H and O–H groups in total. The summed E-state index contributed by atoms with van der Waals surface area (Å²) in [7, 11) is 1.46. The summed E-state index contributed by atoms with van der Waals surface area (Å²) in [6, 6.07) is 4.96. The van der Waals surface area contributed by atoms with Crippen LogP contribution in [-0.2, 0) is 0 Å². The van der Waals surface area contributed by atoms with Crippen molar-refractivity contribution in [1.82, 2.24) is 0 Å². The van der Waals surface area contributed by atoms with E-state index in [0.29, 0.717) is 11.2 Å². The predicted molar refractivity (Wildman–Crippen MR) is 72.5 cm³/mol. The summed E-state index contributed by atoms with van der Waals surface area (Å²) in [5.41, 5.74) is 1.42. The average Bonchev–Trinajstić information content (AvgIpc) is 3.28. The standard InChI is InChI=1S/C14H18N2O3/c1-19-13-8-11(4-5-12(13)16(17)18)15-9-14(6-7-14)10-2-3-10/h4-5,8,10,15H,2-3,6-7,9H2,1H3. The Morgan fingerprint density at radius 3 is 2.74 bits per heavy atom. The van der Waals surface area contributed by atoms with Crippen molar-refractivity contribution in [2.24, 2.45) is 11.3 Å². The number of hydrogen-bond donors (Lipinski definition) is 1. The Hall–Kier alpha value is -1.78. The minimum atomic E-state index is -0.421. The van der Waals surface area contributed by atoms with Gasteiger partial charge in [0.05, 0.1) is 12.0 Å². The van der Waals surface area contributed by atoms with E-state index in [0.717, 1.165) is 18.2 Å². The van der Waals surface area contributed by atoms with Crippen molar-refractivity contribution in [1.29, 1.82) is 0 Å². The van der Waals surface area contributed by atoms with E-state index in [2.05, 4.69) is 5.32 Å². The first-order chi connectivity index (χ1) is 9.14. The third-order valence-corrected chi connectivity index (χ3v) is 4.36. The summed E-state index contributed by atoms with van der Waals surface area (Å²) in [5, 5.41) is 14.2. The molecule has 1 aromatic carbocycles. The molecule has 102 valence electrons. The second-order valence-electron chi connectivity index (χ2n) is 5.63. The van der Waals surface area contributed by atoms with Crippen LogP contribution in [0.3, 0.4) is 0 Å². The zero-order chi connectivity index (χ0) is 13.5. The monoisotopic (exact) mass is 262 g/mol. The zero-order valence-corrected chi connectivity index (χ0v) is 11.0. The van der Waals surface area contributed by atoms with Crippen molar-refractivity contribution in [3.63, 3.8) is 0 Å². The maximum absolute atomic E-state index is 10.8. The summed E-state index contributed by atoms with van der Waals surface area (Å²) in [6.45, 7) is 0.971. The first-order valence-corrected chi connectivity index (χ1v) is 6.71. The van der Waals surface area contributed by atoms with Crippen LogP contribution in [0.4, 0.5) is 11.4 Å². The van der Waals surface area contributed by atoms with Crippen molar-refractivity contribution in [3.05, 3.63) is 28.3 Å². The normalized spacial score (nSPS) is 19.8. The Bertz CT molecular complexity index is 507. The van der Waals surface area contributed by atoms with Crippen LogP contribution in [0.2, 0.25) is 0 Å². The number of nitro benzene ring substituents is 1. The van der Waals surface area contributed by atoms with Gasteiger partial charge in [0.1, 0.15) is 0 Å². The number of anilines is 1. The fourth-order valence-corrected chi connectivity index (χ4v) is 2.80. The maximum Gasteiger partial charge on any atom is 0.311 e. The summed E-state index contributed by atoms with van der Waals surface area (Å²) < 4.78 is 5.07. The highest BCUT2D eigenvalue weighted by molar-refractivity contribution is 5.58. The topological polar surface area (TPSA) is 64.4 Å². The van der Waals surface area contributed by atoms with Gasteiger partial charge in [-0.15, -0.1) is 0 Å². The van der Waals surface area contributed by atoms with E-state index in [1.54, 1.807) is 12.1 Å². The van der Waals surface area contributed by atoms with Gasteiger partial charge in [0.15, 0.2) is 5.75 Å². The van der Waals surface area contributed by atoms with Crippen LogP contribution < -0.4 is 10.1 Å². The number of nitrogens with zero attached hydrogens (tertiary/aromatic N) is 1. The maximum atomic E-state index is 10.8. The van der Waals surface area contributed by atoms with Crippen LogP contribution in [0.5, 0.6) is 5.75 Å². The molecule has 0 aliphatic heterocycles. The lowest BCUT2D eigenvalue weighted by molar-refractivity contribution is -0.385. The first-order valence-electron chi connectivity index (χ1n) is 6.71. The largest absolute Gasteiger partial charge is 0.490 e. The Morgan fingerprint density at radius 1 is 1.47 bits per heavy atom. The van der Waals surface area contributed by atoms with Gasteiger partial charge in [0.2, 0.25) is 0 Å². The molecule has 19 heavy (non-hydrogen) atoms. The molecule has 0 saturated heterocycles. The molecule has 5 nitrogen and oxygen atoms in total. The minimum absolute atomic E-state index is 0.0105. The molecule has 1 aromatic rings. The van der Waals surface area contributed by atoms with Gasteiger partial charge in [0, 0.05) is 24.4 Å². The van der Waals surface area contributed by atoms with E-state index in [-0.39, 0.29) is 5.69 Å². The summed E-state index contributed by atoms with van der Waals surface area (Å²) in [6.07, 6.45) is 5.36. The molecular weight excluding hydrogens is 244 g/mol. The smallest absolute Gasteiger partial charge is 0.311 e. The lowest BCUT2D eigenvalue weighted by Gasteiger charge is -2.16. The number of nitrogens with one attached hydrogen (secondary N) is 1. The number of rotatable bonds is 6. The highest BCUT2D eigenvalue weighted by atomic mass is 16.6. The van der Waals surface area contributed by atoms with Crippen LogP contribution in [0, 0.1) is 21.4 Å². The molecule has 0 heterocycles. The van der Waals surface area contributed by atoms with Crippen LogP contribution in [0.25, 0.3) is 0 Å². The highest BCUT2D eigenvalue weighted by Crippen LogP contribution is 2.61. The Balaban J connectivity index is 1.69. The van der Waals surface area contributed by atoms with E-state index >= 15 is 0 Å². The molecule has 0 bridgehead atoms. The van der Waals surface area contributed by atoms with E-state index in [1.165, 1.54) is 38.9 Å². The molecule has 0 amide bonds. The molecule has 0 unspecified atom stereocenters. The molecule has 3 rings (SSSR count). The third kappa shape index (κ3) is 2.37. The SMILES string of the molecule is COc1cc(NCC2(C3CC3)CC2)ccc1[N+](=O)[O-]. The van der Waals surface area contributed by atoms with Gasteiger partial charge in [-0.1, -0.05) is 0 Å². The summed E-state index contributed by atoms with van der Waals surface area (Å²) in [5.74, 6) is 1.21. The van der Waals surface area contributed by atoms with Gasteiger partial charge in [-0.2, -0.15) is 0 Å². The van der Waals surface area contributed by atoms with Crippen LogP contribution in [0.1, 0.15) is 25.7 Å². The second kappa shape index (κ2) is 4.40. The van der Waals surface area contributed by atoms with Crippen LogP contribution >= 0.6 is 0 Å².